The highest BCUT2D eigenvalue weighted by Gasteiger charge is 2.23. The maximum atomic E-state index is 12.9. The van der Waals surface area contributed by atoms with E-state index in [9.17, 15) is 9.59 Å². The van der Waals surface area contributed by atoms with E-state index in [-0.39, 0.29) is 24.2 Å². The van der Waals surface area contributed by atoms with Crippen LogP contribution in [0.1, 0.15) is 43.1 Å². The van der Waals surface area contributed by atoms with Gasteiger partial charge in [0.2, 0.25) is 23.5 Å². The number of benzene rings is 1. The zero-order valence-electron chi connectivity index (χ0n) is 17.9. The van der Waals surface area contributed by atoms with Gasteiger partial charge in [-0.3, -0.25) is 14.6 Å². The Morgan fingerprint density at radius 3 is 2.81 bits per heavy atom. The lowest BCUT2D eigenvalue weighted by Gasteiger charge is -2.22. The summed E-state index contributed by atoms with van der Waals surface area (Å²) in [5.41, 5.74) is 1.77. The monoisotopic (exact) mass is 433 g/mol. The van der Waals surface area contributed by atoms with E-state index in [1.54, 1.807) is 17.3 Å². The van der Waals surface area contributed by atoms with Crippen LogP contribution in [-0.4, -0.2) is 51.5 Å². The molecule has 8 nitrogen and oxygen atoms in total. The zero-order valence-corrected chi connectivity index (χ0v) is 17.9. The fourth-order valence-corrected chi connectivity index (χ4v) is 3.89. The summed E-state index contributed by atoms with van der Waals surface area (Å²) in [6.07, 6.45) is 6.26. The first kappa shape index (κ1) is 21.7. The molecule has 8 heteroatoms. The first-order valence-electron chi connectivity index (χ1n) is 11.0. The van der Waals surface area contributed by atoms with Crippen LogP contribution in [0.3, 0.4) is 0 Å². The molecular weight excluding hydrogens is 406 g/mol. The Morgan fingerprint density at radius 2 is 2.00 bits per heavy atom. The van der Waals surface area contributed by atoms with Crippen molar-refractivity contribution in [3.05, 3.63) is 66.3 Å². The van der Waals surface area contributed by atoms with Crippen LogP contribution >= 0.6 is 0 Å². The Hall–Kier alpha value is -3.55. The zero-order chi connectivity index (χ0) is 22.2. The van der Waals surface area contributed by atoms with E-state index < -0.39 is 0 Å². The molecule has 1 aromatic carbocycles. The summed E-state index contributed by atoms with van der Waals surface area (Å²) in [6, 6.07) is 13.4. The fourth-order valence-electron chi connectivity index (χ4n) is 3.89. The molecule has 0 bridgehead atoms. The Balaban J connectivity index is 1.43. The molecule has 2 aromatic heterocycles. The Bertz CT molecular complexity index is 1020. The predicted molar refractivity (Wildman–Crippen MR) is 118 cm³/mol. The summed E-state index contributed by atoms with van der Waals surface area (Å²) in [4.78, 5) is 35.6. The maximum Gasteiger partial charge on any atom is 0.230 e. The maximum absolute atomic E-state index is 12.9. The molecule has 0 radical (unpaired) electrons. The van der Waals surface area contributed by atoms with Crippen molar-refractivity contribution in [2.45, 2.75) is 38.0 Å². The number of hydrogen-bond acceptors (Lipinski definition) is 6. The van der Waals surface area contributed by atoms with Crippen molar-refractivity contribution in [1.29, 1.82) is 0 Å². The minimum atomic E-state index is -0.0552. The van der Waals surface area contributed by atoms with Crippen LogP contribution in [0.4, 0.5) is 0 Å². The number of hydrogen-bond donors (Lipinski definition) is 1. The van der Waals surface area contributed by atoms with Crippen molar-refractivity contribution < 1.29 is 14.1 Å². The summed E-state index contributed by atoms with van der Waals surface area (Å²) >= 11 is 0. The average molecular weight is 434 g/mol. The molecule has 3 aromatic rings. The third-order valence-electron chi connectivity index (χ3n) is 5.66. The summed E-state index contributed by atoms with van der Waals surface area (Å²) in [7, 11) is 0. The second kappa shape index (κ2) is 10.7. The molecule has 1 fully saturated rings. The Kier molecular flexibility index (Phi) is 7.22. The van der Waals surface area contributed by atoms with Gasteiger partial charge >= 0.3 is 0 Å². The van der Waals surface area contributed by atoms with E-state index in [0.29, 0.717) is 44.2 Å². The van der Waals surface area contributed by atoms with Crippen molar-refractivity contribution in [1.82, 2.24) is 25.3 Å². The van der Waals surface area contributed by atoms with Crippen molar-refractivity contribution in [2.75, 3.05) is 19.6 Å². The van der Waals surface area contributed by atoms with E-state index in [1.807, 2.05) is 42.5 Å². The van der Waals surface area contributed by atoms with Gasteiger partial charge < -0.3 is 14.7 Å². The van der Waals surface area contributed by atoms with Gasteiger partial charge in [-0.15, -0.1) is 0 Å². The van der Waals surface area contributed by atoms with E-state index in [0.717, 1.165) is 24.0 Å². The van der Waals surface area contributed by atoms with Gasteiger partial charge in [0.25, 0.3) is 0 Å². The molecule has 32 heavy (non-hydrogen) atoms. The largest absolute Gasteiger partial charge is 0.356 e. The standard InChI is InChI=1S/C24H27N5O3/c30-21-11-15-29(22(31)16-18-6-4-12-25-17-18)14-5-9-20(10-13-26-21)24-27-23(28-32-24)19-7-2-1-3-8-19/h1-4,6-8,12,17,20H,5,9-11,13-16H2,(H,26,30). The van der Waals surface area contributed by atoms with Crippen LogP contribution in [-0.2, 0) is 16.0 Å². The van der Waals surface area contributed by atoms with Crippen LogP contribution in [0, 0.1) is 0 Å². The average Bonchev–Trinajstić information content (AvgIpc) is 3.30. The van der Waals surface area contributed by atoms with Gasteiger partial charge in [0, 0.05) is 49.9 Å². The summed E-state index contributed by atoms with van der Waals surface area (Å²) in [5.74, 6) is 1.11. The molecule has 1 unspecified atom stereocenters. The molecule has 0 aliphatic carbocycles. The first-order valence-corrected chi connectivity index (χ1v) is 11.0. The summed E-state index contributed by atoms with van der Waals surface area (Å²) < 4.78 is 5.58. The number of amides is 2. The number of rotatable bonds is 4. The van der Waals surface area contributed by atoms with E-state index in [4.69, 9.17) is 4.52 Å². The third-order valence-corrected chi connectivity index (χ3v) is 5.66. The van der Waals surface area contributed by atoms with Crippen LogP contribution in [0.5, 0.6) is 0 Å². The number of nitrogens with zero attached hydrogens (tertiary/aromatic N) is 4. The molecule has 1 atom stereocenters. The van der Waals surface area contributed by atoms with Crippen molar-refractivity contribution in [3.8, 4) is 11.4 Å². The quantitative estimate of drug-likeness (QED) is 0.679. The highest BCUT2D eigenvalue weighted by Crippen LogP contribution is 2.26. The highest BCUT2D eigenvalue weighted by atomic mass is 16.5. The second-order valence-electron chi connectivity index (χ2n) is 7.97. The van der Waals surface area contributed by atoms with Gasteiger partial charge in [-0.2, -0.15) is 4.98 Å². The van der Waals surface area contributed by atoms with E-state index in [1.165, 1.54) is 0 Å². The Morgan fingerprint density at radius 1 is 1.12 bits per heavy atom. The van der Waals surface area contributed by atoms with Gasteiger partial charge in [-0.25, -0.2) is 0 Å². The normalized spacial score (nSPS) is 17.9. The highest BCUT2D eigenvalue weighted by molar-refractivity contribution is 5.80. The topological polar surface area (TPSA) is 101 Å². The van der Waals surface area contributed by atoms with Gasteiger partial charge in [-0.05, 0) is 30.9 Å². The first-order chi connectivity index (χ1) is 15.7. The molecule has 4 rings (SSSR count). The third kappa shape index (κ3) is 5.78. The second-order valence-corrected chi connectivity index (χ2v) is 7.97. The molecule has 2 amide bonds. The number of nitrogens with one attached hydrogen (secondary N) is 1. The fraction of sp³-hybridized carbons (Fsp3) is 0.375. The summed E-state index contributed by atoms with van der Waals surface area (Å²) in [6.45, 7) is 1.53. The van der Waals surface area contributed by atoms with Gasteiger partial charge in [0.1, 0.15) is 0 Å². The minimum absolute atomic E-state index is 0.00533. The van der Waals surface area contributed by atoms with E-state index >= 15 is 0 Å². The number of aromatic nitrogens is 3. The predicted octanol–water partition coefficient (Wildman–Crippen LogP) is 2.98. The molecule has 1 aliphatic rings. The lowest BCUT2D eigenvalue weighted by Crippen LogP contribution is -2.36. The van der Waals surface area contributed by atoms with E-state index in [2.05, 4.69) is 20.4 Å². The van der Waals surface area contributed by atoms with Gasteiger partial charge in [0.15, 0.2) is 0 Å². The number of carbonyl (C=O) groups is 2. The van der Waals surface area contributed by atoms with Crippen molar-refractivity contribution >= 4 is 11.8 Å². The molecule has 1 N–H and O–H groups in total. The SMILES string of the molecule is O=C1CCN(C(=O)Cc2cccnc2)CCCC(c2nc(-c3ccccc3)no2)CCN1. The number of pyridine rings is 1. The van der Waals surface area contributed by atoms with Crippen LogP contribution in [0.25, 0.3) is 11.4 Å². The Labute approximate surface area is 187 Å². The molecule has 1 saturated heterocycles. The lowest BCUT2D eigenvalue weighted by molar-refractivity contribution is -0.131. The number of carbonyl (C=O) groups excluding carboxylic acids is 2. The minimum Gasteiger partial charge on any atom is -0.356 e. The molecule has 166 valence electrons. The van der Waals surface area contributed by atoms with Crippen LogP contribution in [0.2, 0.25) is 0 Å². The van der Waals surface area contributed by atoms with Gasteiger partial charge in [0.05, 0.1) is 6.42 Å². The summed E-state index contributed by atoms with van der Waals surface area (Å²) in [5, 5.41) is 7.09. The van der Waals surface area contributed by atoms with Crippen molar-refractivity contribution in [3.63, 3.8) is 0 Å². The molecule has 0 saturated carbocycles. The molecule has 1 aliphatic heterocycles. The van der Waals surface area contributed by atoms with Gasteiger partial charge in [-0.1, -0.05) is 41.6 Å². The van der Waals surface area contributed by atoms with Crippen LogP contribution < -0.4 is 5.32 Å². The lowest BCUT2D eigenvalue weighted by atomic mass is 9.99. The molecule has 3 heterocycles. The van der Waals surface area contributed by atoms with Crippen molar-refractivity contribution in [2.24, 2.45) is 0 Å². The molecule has 0 spiro atoms. The molecular formula is C24H27N5O3. The van der Waals surface area contributed by atoms with Crippen LogP contribution in [0.15, 0.2) is 59.4 Å². The smallest absolute Gasteiger partial charge is 0.230 e.